The van der Waals surface area contributed by atoms with Gasteiger partial charge in [0.1, 0.15) is 5.82 Å². The molecule has 31 heavy (non-hydrogen) atoms. The summed E-state index contributed by atoms with van der Waals surface area (Å²) in [7, 11) is 0. The summed E-state index contributed by atoms with van der Waals surface area (Å²) in [5.74, 6) is 0.0107. The van der Waals surface area contributed by atoms with Crippen LogP contribution in [0.3, 0.4) is 0 Å². The quantitative estimate of drug-likeness (QED) is 0.443. The molecule has 1 atom stereocenters. The van der Waals surface area contributed by atoms with Gasteiger partial charge in [0.15, 0.2) is 5.96 Å². The predicted octanol–water partition coefficient (Wildman–Crippen LogP) is 2.05. The van der Waals surface area contributed by atoms with Crippen molar-refractivity contribution in [3.63, 3.8) is 0 Å². The molecule has 8 heteroatoms. The summed E-state index contributed by atoms with van der Waals surface area (Å²) in [6.45, 7) is 6.85. The summed E-state index contributed by atoms with van der Waals surface area (Å²) in [4.78, 5) is 18.2. The molecule has 0 radical (unpaired) electrons. The van der Waals surface area contributed by atoms with Crippen molar-refractivity contribution in [2.45, 2.75) is 19.5 Å². The van der Waals surface area contributed by atoms with Gasteiger partial charge >= 0.3 is 0 Å². The van der Waals surface area contributed by atoms with Crippen LogP contribution in [-0.4, -0.2) is 56.2 Å². The molecule has 0 aromatic heterocycles. The Balaban J connectivity index is 1.69. The maximum absolute atomic E-state index is 13.4. The number of rotatable bonds is 8. The van der Waals surface area contributed by atoms with Crippen LogP contribution in [0.1, 0.15) is 34.5 Å². The number of benzene rings is 2. The summed E-state index contributed by atoms with van der Waals surface area (Å²) in [5, 5.41) is 6.68. The van der Waals surface area contributed by atoms with Gasteiger partial charge in [-0.1, -0.05) is 24.3 Å². The van der Waals surface area contributed by atoms with Crippen molar-refractivity contribution in [3.05, 3.63) is 71.0 Å². The van der Waals surface area contributed by atoms with E-state index < -0.39 is 5.91 Å². The Labute approximate surface area is 182 Å². The van der Waals surface area contributed by atoms with Crippen LogP contribution >= 0.6 is 0 Å². The average molecular weight is 428 g/mol. The monoisotopic (exact) mass is 427 g/mol. The Hall–Kier alpha value is -2.97. The van der Waals surface area contributed by atoms with Gasteiger partial charge in [0.05, 0.1) is 25.8 Å². The minimum absolute atomic E-state index is 0.0724. The fraction of sp³-hybridized carbons (Fsp3) is 0.391. The molecular weight excluding hydrogens is 397 g/mol. The Morgan fingerprint density at radius 2 is 1.81 bits per heavy atom. The first-order chi connectivity index (χ1) is 15.1. The predicted molar refractivity (Wildman–Crippen MR) is 119 cm³/mol. The second-order valence-electron chi connectivity index (χ2n) is 7.35. The average Bonchev–Trinajstić information content (AvgIpc) is 2.79. The van der Waals surface area contributed by atoms with E-state index in [1.165, 1.54) is 12.1 Å². The molecule has 0 aliphatic carbocycles. The molecule has 0 spiro atoms. The van der Waals surface area contributed by atoms with E-state index in [9.17, 15) is 9.18 Å². The van der Waals surface area contributed by atoms with Gasteiger partial charge in [-0.2, -0.15) is 0 Å². The van der Waals surface area contributed by atoms with Crippen molar-refractivity contribution in [2.24, 2.45) is 10.7 Å². The molecule has 2 aromatic rings. The van der Waals surface area contributed by atoms with Crippen LogP contribution in [0.15, 0.2) is 53.5 Å². The van der Waals surface area contributed by atoms with Crippen LogP contribution < -0.4 is 16.4 Å². The summed E-state index contributed by atoms with van der Waals surface area (Å²) in [6, 6.07) is 13.8. The SMILES string of the molecule is CCNC(=NCc1ccc(C(N)=O)cc1)NCC(c1ccc(F)cc1)N1CCOCC1. The number of aliphatic imine (C=N–C) groups is 1. The third-order valence-corrected chi connectivity index (χ3v) is 5.21. The van der Waals surface area contributed by atoms with E-state index in [-0.39, 0.29) is 11.9 Å². The van der Waals surface area contributed by atoms with Crippen LogP contribution in [0, 0.1) is 5.82 Å². The molecule has 1 fully saturated rings. The smallest absolute Gasteiger partial charge is 0.248 e. The number of guanidine groups is 1. The van der Waals surface area contributed by atoms with E-state index in [0.29, 0.717) is 37.8 Å². The van der Waals surface area contributed by atoms with Gasteiger partial charge in [-0.05, 0) is 42.3 Å². The molecular formula is C23H30FN5O2. The van der Waals surface area contributed by atoms with Crippen molar-refractivity contribution in [1.29, 1.82) is 0 Å². The summed E-state index contributed by atoms with van der Waals surface area (Å²) >= 11 is 0. The number of primary amides is 1. The molecule has 1 unspecified atom stereocenters. The zero-order valence-electron chi connectivity index (χ0n) is 17.8. The van der Waals surface area contributed by atoms with E-state index in [0.717, 1.165) is 30.8 Å². The van der Waals surface area contributed by atoms with Crippen molar-refractivity contribution < 1.29 is 13.9 Å². The van der Waals surface area contributed by atoms with Gasteiger partial charge < -0.3 is 21.1 Å². The number of halogens is 1. The van der Waals surface area contributed by atoms with Gasteiger partial charge in [-0.3, -0.25) is 9.69 Å². The summed E-state index contributed by atoms with van der Waals surface area (Å²) in [5.41, 5.74) is 7.80. The highest BCUT2D eigenvalue weighted by Gasteiger charge is 2.23. The van der Waals surface area contributed by atoms with Crippen LogP contribution in [0.2, 0.25) is 0 Å². The van der Waals surface area contributed by atoms with Gasteiger partial charge in [0.25, 0.3) is 0 Å². The lowest BCUT2D eigenvalue weighted by Crippen LogP contribution is -2.46. The number of hydrogen-bond acceptors (Lipinski definition) is 4. The van der Waals surface area contributed by atoms with Gasteiger partial charge in [0.2, 0.25) is 5.91 Å². The number of hydrogen-bond donors (Lipinski definition) is 3. The van der Waals surface area contributed by atoms with E-state index in [1.54, 1.807) is 12.1 Å². The zero-order chi connectivity index (χ0) is 22.1. The fourth-order valence-corrected chi connectivity index (χ4v) is 3.51. The molecule has 0 bridgehead atoms. The number of morpholine rings is 1. The molecule has 7 nitrogen and oxygen atoms in total. The Kier molecular flexibility index (Phi) is 8.37. The van der Waals surface area contributed by atoms with Crippen LogP contribution in [0.4, 0.5) is 4.39 Å². The Morgan fingerprint density at radius 3 is 2.42 bits per heavy atom. The summed E-state index contributed by atoms with van der Waals surface area (Å²) < 4.78 is 18.9. The summed E-state index contributed by atoms with van der Waals surface area (Å²) in [6.07, 6.45) is 0. The second-order valence-corrected chi connectivity index (χ2v) is 7.35. The number of nitrogens with zero attached hydrogens (tertiary/aromatic N) is 2. The molecule has 1 aliphatic heterocycles. The largest absolute Gasteiger partial charge is 0.379 e. The molecule has 1 amide bonds. The zero-order valence-corrected chi connectivity index (χ0v) is 17.8. The standard InChI is InChI=1S/C23H30FN5O2/c1-2-26-23(27-15-17-3-5-19(6-4-17)22(25)30)28-16-21(29-11-13-31-14-12-29)18-7-9-20(24)10-8-18/h3-10,21H,2,11-16H2,1H3,(H2,25,30)(H2,26,27,28). The van der Waals surface area contributed by atoms with Gasteiger partial charge in [0, 0.05) is 31.7 Å². The third kappa shape index (κ3) is 6.77. The van der Waals surface area contributed by atoms with Crippen LogP contribution in [0.25, 0.3) is 0 Å². The molecule has 2 aromatic carbocycles. The lowest BCUT2D eigenvalue weighted by Gasteiger charge is -2.35. The molecule has 0 saturated carbocycles. The van der Waals surface area contributed by atoms with Gasteiger partial charge in [-0.15, -0.1) is 0 Å². The van der Waals surface area contributed by atoms with E-state index in [2.05, 4.69) is 20.5 Å². The highest BCUT2D eigenvalue weighted by atomic mass is 19.1. The lowest BCUT2D eigenvalue weighted by atomic mass is 10.0. The maximum atomic E-state index is 13.4. The second kappa shape index (κ2) is 11.4. The lowest BCUT2D eigenvalue weighted by molar-refractivity contribution is 0.0170. The number of carbonyl (C=O) groups excluding carboxylic acids is 1. The molecule has 3 rings (SSSR count). The number of nitrogens with two attached hydrogens (primary N) is 1. The fourth-order valence-electron chi connectivity index (χ4n) is 3.51. The third-order valence-electron chi connectivity index (χ3n) is 5.21. The number of nitrogens with one attached hydrogen (secondary N) is 2. The topological polar surface area (TPSA) is 92.0 Å². The molecule has 166 valence electrons. The van der Waals surface area contributed by atoms with Crippen LogP contribution in [-0.2, 0) is 11.3 Å². The van der Waals surface area contributed by atoms with Crippen molar-refractivity contribution in [3.8, 4) is 0 Å². The molecule has 1 saturated heterocycles. The molecule has 1 aliphatic rings. The molecule has 4 N–H and O–H groups in total. The first-order valence-corrected chi connectivity index (χ1v) is 10.5. The van der Waals surface area contributed by atoms with E-state index in [4.69, 9.17) is 10.5 Å². The van der Waals surface area contributed by atoms with Crippen molar-refractivity contribution in [2.75, 3.05) is 39.4 Å². The van der Waals surface area contributed by atoms with Crippen molar-refractivity contribution >= 4 is 11.9 Å². The van der Waals surface area contributed by atoms with Crippen LogP contribution in [0.5, 0.6) is 0 Å². The van der Waals surface area contributed by atoms with E-state index >= 15 is 0 Å². The highest BCUT2D eigenvalue weighted by molar-refractivity contribution is 5.92. The normalized spacial score (nSPS) is 16.0. The number of carbonyl (C=O) groups is 1. The van der Waals surface area contributed by atoms with Crippen molar-refractivity contribution in [1.82, 2.24) is 15.5 Å². The first-order valence-electron chi connectivity index (χ1n) is 10.5. The minimum atomic E-state index is -0.444. The highest BCUT2D eigenvalue weighted by Crippen LogP contribution is 2.21. The Morgan fingerprint density at radius 1 is 1.13 bits per heavy atom. The molecule has 1 heterocycles. The number of ether oxygens (including phenoxy) is 1. The van der Waals surface area contributed by atoms with Gasteiger partial charge in [-0.25, -0.2) is 9.38 Å². The Bertz CT molecular complexity index is 865. The maximum Gasteiger partial charge on any atom is 0.248 e. The number of amides is 1. The first kappa shape index (κ1) is 22.7. The minimum Gasteiger partial charge on any atom is -0.379 e. The van der Waals surface area contributed by atoms with E-state index in [1.807, 2.05) is 31.2 Å².